The number of aliphatic hydroxyl groups is 1. The molecule has 2 aromatic heterocycles. The summed E-state index contributed by atoms with van der Waals surface area (Å²) < 4.78 is 14.1. The molecular weight excluding hydrogens is 480 g/mol. The summed E-state index contributed by atoms with van der Waals surface area (Å²) in [6.45, 7) is 6.40. The van der Waals surface area contributed by atoms with E-state index in [0.717, 1.165) is 25.1 Å². The molecule has 4 aliphatic heterocycles. The van der Waals surface area contributed by atoms with E-state index in [1.165, 1.54) is 20.3 Å². The third kappa shape index (κ3) is 3.75. The molecule has 1 N–H and O–H groups in total. The summed E-state index contributed by atoms with van der Waals surface area (Å²) in [5, 5.41) is 10.0. The number of aliphatic hydroxyl groups excluding tert-OH is 1. The number of hydrogen-bond acceptors (Lipinski definition) is 7. The summed E-state index contributed by atoms with van der Waals surface area (Å²) in [4.78, 5) is 52.2. The number of aromatic nitrogens is 2. The lowest BCUT2D eigenvalue weighted by atomic mass is 10.1. The van der Waals surface area contributed by atoms with Gasteiger partial charge in [-0.15, -0.1) is 0 Å². The Morgan fingerprint density at radius 1 is 0.838 bits per heavy atom. The summed E-state index contributed by atoms with van der Waals surface area (Å²) in [5.41, 5.74) is 1.66. The van der Waals surface area contributed by atoms with Gasteiger partial charge in [0.05, 0.1) is 38.1 Å². The molecule has 2 amide bonds. The van der Waals surface area contributed by atoms with Crippen LogP contribution < -0.4 is 20.3 Å². The monoisotopic (exact) mass is 512 g/mol. The molecule has 37 heavy (non-hydrogen) atoms. The zero-order chi connectivity index (χ0) is 26.6. The van der Waals surface area contributed by atoms with E-state index < -0.39 is 6.10 Å². The largest absolute Gasteiger partial charge is 0.491 e. The van der Waals surface area contributed by atoms with E-state index >= 15 is 0 Å². The fraction of sp³-hybridized carbons (Fsp3) is 0.538. The van der Waals surface area contributed by atoms with Gasteiger partial charge in [0.15, 0.2) is 22.9 Å². The average Bonchev–Trinajstić information content (AvgIpc) is 3.43. The molecule has 0 bridgehead atoms. The Balaban J connectivity index is 0.000000152. The third-order valence-corrected chi connectivity index (χ3v) is 7.84. The lowest BCUT2D eigenvalue weighted by Crippen LogP contribution is -2.43. The Morgan fingerprint density at radius 3 is 1.95 bits per heavy atom. The second kappa shape index (κ2) is 9.37. The normalized spacial score (nSPS) is 22.9. The van der Waals surface area contributed by atoms with Crippen molar-refractivity contribution in [2.75, 3.05) is 40.4 Å². The number of carbonyl (C=O) groups is 2. The summed E-state index contributed by atoms with van der Waals surface area (Å²) in [6, 6.07) is 3.30. The van der Waals surface area contributed by atoms with Crippen LogP contribution in [0.1, 0.15) is 77.2 Å². The first-order chi connectivity index (χ1) is 17.7. The highest BCUT2D eigenvalue weighted by Gasteiger charge is 2.41. The first-order valence-electron chi connectivity index (χ1n) is 12.7. The van der Waals surface area contributed by atoms with Gasteiger partial charge in [0.1, 0.15) is 0 Å². The van der Waals surface area contributed by atoms with Gasteiger partial charge in [-0.25, -0.2) is 0 Å². The van der Waals surface area contributed by atoms with Gasteiger partial charge in [-0.3, -0.25) is 19.2 Å². The molecule has 11 heteroatoms. The van der Waals surface area contributed by atoms with Gasteiger partial charge in [0, 0.05) is 50.4 Å². The second-order valence-electron chi connectivity index (χ2n) is 9.72. The molecule has 6 heterocycles. The number of methoxy groups -OCH3 is 2. The fourth-order valence-corrected chi connectivity index (χ4v) is 6.11. The zero-order valence-corrected chi connectivity index (χ0v) is 21.5. The van der Waals surface area contributed by atoms with Gasteiger partial charge in [0.25, 0.3) is 11.8 Å². The first-order valence-corrected chi connectivity index (χ1v) is 12.7. The van der Waals surface area contributed by atoms with E-state index in [2.05, 4.69) is 0 Å². The second-order valence-corrected chi connectivity index (χ2v) is 9.72. The van der Waals surface area contributed by atoms with Crippen molar-refractivity contribution in [3.8, 4) is 11.5 Å². The van der Waals surface area contributed by atoms with Gasteiger partial charge in [-0.2, -0.15) is 0 Å². The van der Waals surface area contributed by atoms with Crippen LogP contribution in [0.4, 0.5) is 0 Å². The number of ether oxygens (including phenoxy) is 2. The number of nitrogens with zero attached hydrogens (tertiary/aromatic N) is 4. The number of hydrogen-bond donors (Lipinski definition) is 1. The Kier molecular flexibility index (Phi) is 6.35. The minimum Gasteiger partial charge on any atom is -0.491 e. The number of carbonyl (C=O) groups excluding carboxylic acids is 2. The van der Waals surface area contributed by atoms with Crippen molar-refractivity contribution in [1.82, 2.24) is 18.9 Å². The summed E-state index contributed by atoms with van der Waals surface area (Å²) in [6.07, 6.45) is 1.70. The van der Waals surface area contributed by atoms with E-state index in [-0.39, 0.29) is 45.9 Å². The van der Waals surface area contributed by atoms with Gasteiger partial charge < -0.3 is 33.5 Å². The Hall–Kier alpha value is -3.60. The van der Waals surface area contributed by atoms with Crippen LogP contribution in [-0.2, 0) is 6.42 Å². The number of amides is 2. The fourth-order valence-electron chi connectivity index (χ4n) is 6.11. The molecular formula is C26H32N4O7. The zero-order valence-electron chi connectivity index (χ0n) is 21.5. The van der Waals surface area contributed by atoms with Crippen LogP contribution in [0.5, 0.6) is 11.5 Å². The van der Waals surface area contributed by atoms with Crippen LogP contribution in [0, 0.1) is 0 Å². The minimum atomic E-state index is -0.688. The number of aryl methyl sites for hydroxylation is 1. The van der Waals surface area contributed by atoms with E-state index in [1.54, 1.807) is 20.4 Å². The molecule has 0 aliphatic carbocycles. The van der Waals surface area contributed by atoms with Crippen molar-refractivity contribution in [2.45, 2.75) is 51.3 Å². The highest BCUT2D eigenvalue weighted by molar-refractivity contribution is 5.97. The Labute approximate surface area is 213 Å². The maximum atomic E-state index is 12.4. The number of pyridine rings is 2. The Bertz CT molecular complexity index is 1390. The van der Waals surface area contributed by atoms with Crippen molar-refractivity contribution < 1.29 is 24.2 Å². The SMILES string of the molecule is CCN1CC2CC(O)c3cc(=O)c(OC)c(n32)C1=O.CCN1CC2CCc3cc(=O)c(OC)c(n32)C1=O. The molecule has 198 valence electrons. The quantitative estimate of drug-likeness (QED) is 0.652. The number of likely N-dealkylation sites (N-methyl/N-ethyl adjacent to an activating group) is 2. The van der Waals surface area contributed by atoms with E-state index in [9.17, 15) is 24.3 Å². The molecule has 0 spiro atoms. The van der Waals surface area contributed by atoms with E-state index in [4.69, 9.17) is 9.47 Å². The highest BCUT2D eigenvalue weighted by atomic mass is 16.5. The number of rotatable bonds is 4. The van der Waals surface area contributed by atoms with Gasteiger partial charge >= 0.3 is 0 Å². The first kappa shape index (κ1) is 25.1. The van der Waals surface area contributed by atoms with Crippen LogP contribution in [0.3, 0.4) is 0 Å². The third-order valence-electron chi connectivity index (χ3n) is 7.84. The van der Waals surface area contributed by atoms with Crippen LogP contribution >= 0.6 is 0 Å². The summed E-state index contributed by atoms with van der Waals surface area (Å²) >= 11 is 0. The van der Waals surface area contributed by atoms with Crippen molar-refractivity contribution >= 4 is 11.8 Å². The van der Waals surface area contributed by atoms with Crippen molar-refractivity contribution in [3.05, 3.63) is 55.4 Å². The smallest absolute Gasteiger partial charge is 0.274 e. The molecule has 0 aromatic carbocycles. The molecule has 3 atom stereocenters. The minimum absolute atomic E-state index is 0.0205. The lowest BCUT2D eigenvalue weighted by Gasteiger charge is -2.34. The standard InChI is InChI=1S/C13H16N2O4.C13H16N2O3/c1-3-14-6-7-4-9(16)8-5-10(17)12(19-2)11(13(14)18)15(7)8;1-3-14-7-9-5-4-8-6-10(16)12(18-2)11(13(14)17)15(8)9/h5,7,9,16H,3-4,6H2,1-2H3;6,9H,3-5,7H2,1-2H3. The summed E-state index contributed by atoms with van der Waals surface area (Å²) in [7, 11) is 2.83. The van der Waals surface area contributed by atoms with Crippen LogP contribution in [0.25, 0.3) is 0 Å². The predicted octanol–water partition coefficient (Wildman–Crippen LogP) is 1.13. The molecule has 6 rings (SSSR count). The molecule has 4 aliphatic rings. The van der Waals surface area contributed by atoms with E-state index in [1.807, 2.05) is 18.4 Å². The van der Waals surface area contributed by atoms with Crippen LogP contribution in [0.2, 0.25) is 0 Å². The maximum Gasteiger partial charge on any atom is 0.274 e. The van der Waals surface area contributed by atoms with Crippen molar-refractivity contribution in [3.63, 3.8) is 0 Å². The predicted molar refractivity (Wildman–Crippen MR) is 134 cm³/mol. The molecule has 0 fully saturated rings. The van der Waals surface area contributed by atoms with Crippen LogP contribution in [0.15, 0.2) is 21.7 Å². The van der Waals surface area contributed by atoms with Gasteiger partial charge in [0.2, 0.25) is 10.9 Å². The van der Waals surface area contributed by atoms with E-state index in [0.29, 0.717) is 43.5 Å². The topological polar surface area (TPSA) is 123 Å². The molecule has 11 nitrogen and oxygen atoms in total. The lowest BCUT2D eigenvalue weighted by molar-refractivity contribution is 0.0664. The molecule has 2 aromatic rings. The Morgan fingerprint density at radius 2 is 1.38 bits per heavy atom. The van der Waals surface area contributed by atoms with Gasteiger partial charge in [-0.05, 0) is 26.7 Å². The molecule has 0 saturated heterocycles. The van der Waals surface area contributed by atoms with Crippen molar-refractivity contribution in [1.29, 1.82) is 0 Å². The molecule has 3 unspecified atom stereocenters. The van der Waals surface area contributed by atoms with Gasteiger partial charge in [-0.1, -0.05) is 0 Å². The maximum absolute atomic E-state index is 12.4. The van der Waals surface area contributed by atoms with Crippen molar-refractivity contribution in [2.24, 2.45) is 0 Å². The molecule has 0 radical (unpaired) electrons. The molecule has 0 saturated carbocycles. The summed E-state index contributed by atoms with van der Waals surface area (Å²) in [5.74, 6) is -0.0325. The highest BCUT2D eigenvalue weighted by Crippen LogP contribution is 2.40. The van der Waals surface area contributed by atoms with Crippen LogP contribution in [-0.4, -0.2) is 76.3 Å². The average molecular weight is 513 g/mol.